The predicted molar refractivity (Wildman–Crippen MR) is 117 cm³/mol. The van der Waals surface area contributed by atoms with E-state index >= 15 is 0 Å². The van der Waals surface area contributed by atoms with Gasteiger partial charge in [-0.15, -0.1) is 0 Å². The molecule has 0 spiro atoms. The second-order valence-electron chi connectivity index (χ2n) is 7.38. The fraction of sp³-hybridized carbons (Fsp3) is 0.185. The lowest BCUT2D eigenvalue weighted by Crippen LogP contribution is -1.94. The molecule has 0 aliphatic rings. The maximum atomic E-state index is 3.81. The smallest absolute Gasteiger partial charge is 0.00172 e. The van der Waals surface area contributed by atoms with Gasteiger partial charge in [0.1, 0.15) is 0 Å². The Balaban J connectivity index is 2.08. The first-order valence-electron chi connectivity index (χ1n) is 9.78. The highest BCUT2D eigenvalue weighted by Crippen LogP contribution is 2.40. The van der Waals surface area contributed by atoms with Crippen LogP contribution in [-0.2, 0) is 6.42 Å². The lowest BCUT2D eigenvalue weighted by atomic mass is 9.86. The lowest BCUT2D eigenvalue weighted by Gasteiger charge is -2.17. The van der Waals surface area contributed by atoms with Gasteiger partial charge in [0, 0.05) is 0 Å². The van der Waals surface area contributed by atoms with Crippen LogP contribution in [0.1, 0.15) is 30.0 Å². The monoisotopic (exact) mass is 349 g/mol. The van der Waals surface area contributed by atoms with Gasteiger partial charge in [-0.2, -0.15) is 0 Å². The van der Waals surface area contributed by atoms with Gasteiger partial charge < -0.3 is 0 Å². The Bertz CT molecular complexity index is 1070. The maximum Gasteiger partial charge on any atom is -0.00172 e. The molecule has 0 heteroatoms. The third kappa shape index (κ3) is 3.40. The van der Waals surface area contributed by atoms with E-state index in [4.69, 9.17) is 0 Å². The normalized spacial score (nSPS) is 11.1. The van der Waals surface area contributed by atoms with E-state index in [1.807, 2.05) is 0 Å². The van der Waals surface area contributed by atoms with Crippen LogP contribution >= 0.6 is 0 Å². The molecule has 4 aromatic rings. The SMILES string of the molecule is CCCc1[c]c(-c2ccc(C)cc2)c(-c2ccc(C)cc2)c2ccccc12. The molecule has 1 radical (unpaired) electrons. The molecule has 0 heterocycles. The first-order valence-corrected chi connectivity index (χ1v) is 9.78. The molecule has 0 saturated heterocycles. The fourth-order valence-corrected chi connectivity index (χ4v) is 3.78. The molecule has 4 rings (SSSR count). The molecule has 0 nitrogen and oxygen atoms in total. The Kier molecular flexibility index (Phi) is 4.81. The topological polar surface area (TPSA) is 0 Å². The van der Waals surface area contributed by atoms with E-state index in [1.54, 1.807) is 0 Å². The Morgan fingerprint density at radius 2 is 1.22 bits per heavy atom. The van der Waals surface area contributed by atoms with Crippen LogP contribution in [0.4, 0.5) is 0 Å². The minimum absolute atomic E-state index is 1.05. The molecular formula is C27H25. The van der Waals surface area contributed by atoms with Crippen LogP contribution in [0.25, 0.3) is 33.0 Å². The number of aryl methyl sites for hydroxylation is 3. The van der Waals surface area contributed by atoms with Crippen molar-refractivity contribution in [1.29, 1.82) is 0 Å². The summed E-state index contributed by atoms with van der Waals surface area (Å²) in [6.45, 7) is 6.51. The maximum absolute atomic E-state index is 3.81. The van der Waals surface area contributed by atoms with Gasteiger partial charge in [0.2, 0.25) is 0 Å². The summed E-state index contributed by atoms with van der Waals surface area (Å²) in [7, 11) is 0. The van der Waals surface area contributed by atoms with Gasteiger partial charge in [-0.25, -0.2) is 0 Å². The van der Waals surface area contributed by atoms with E-state index in [9.17, 15) is 0 Å². The van der Waals surface area contributed by atoms with Gasteiger partial charge in [-0.1, -0.05) is 97.3 Å². The zero-order chi connectivity index (χ0) is 18.8. The van der Waals surface area contributed by atoms with E-state index < -0.39 is 0 Å². The number of hydrogen-bond acceptors (Lipinski definition) is 0. The molecular weight excluding hydrogens is 324 g/mol. The van der Waals surface area contributed by atoms with Crippen LogP contribution < -0.4 is 0 Å². The van der Waals surface area contributed by atoms with E-state index in [-0.39, 0.29) is 0 Å². The minimum Gasteiger partial charge on any atom is -0.0651 e. The average Bonchev–Trinajstić information content (AvgIpc) is 2.69. The molecule has 0 aromatic heterocycles. The van der Waals surface area contributed by atoms with Crippen molar-refractivity contribution in [2.45, 2.75) is 33.6 Å². The number of fused-ring (bicyclic) bond motifs is 1. The third-order valence-corrected chi connectivity index (χ3v) is 5.23. The number of benzene rings is 4. The number of rotatable bonds is 4. The van der Waals surface area contributed by atoms with Crippen LogP contribution in [0, 0.1) is 19.9 Å². The Morgan fingerprint density at radius 1 is 0.667 bits per heavy atom. The molecule has 0 N–H and O–H groups in total. The van der Waals surface area contributed by atoms with Gasteiger partial charge in [0.15, 0.2) is 0 Å². The summed E-state index contributed by atoms with van der Waals surface area (Å²) in [6, 6.07) is 30.3. The van der Waals surface area contributed by atoms with Crippen molar-refractivity contribution in [1.82, 2.24) is 0 Å². The second kappa shape index (κ2) is 7.40. The van der Waals surface area contributed by atoms with Gasteiger partial charge in [-0.3, -0.25) is 0 Å². The summed E-state index contributed by atoms with van der Waals surface area (Å²) in [5.41, 5.74) is 8.87. The number of hydrogen-bond donors (Lipinski definition) is 0. The molecule has 0 atom stereocenters. The van der Waals surface area contributed by atoms with Crippen molar-refractivity contribution in [3.05, 3.63) is 95.6 Å². The summed E-state index contributed by atoms with van der Waals surface area (Å²) < 4.78 is 0. The van der Waals surface area contributed by atoms with Crippen molar-refractivity contribution < 1.29 is 0 Å². The van der Waals surface area contributed by atoms with Crippen molar-refractivity contribution in [2.24, 2.45) is 0 Å². The first-order chi connectivity index (χ1) is 13.2. The molecule has 0 amide bonds. The lowest BCUT2D eigenvalue weighted by molar-refractivity contribution is 0.928. The van der Waals surface area contributed by atoms with Crippen molar-refractivity contribution in [3.8, 4) is 22.3 Å². The highest BCUT2D eigenvalue weighted by atomic mass is 14.2. The molecule has 0 aliphatic heterocycles. The molecule has 0 aliphatic carbocycles. The van der Waals surface area contributed by atoms with Crippen molar-refractivity contribution in [3.63, 3.8) is 0 Å². The summed E-state index contributed by atoms with van der Waals surface area (Å²) in [6.07, 6.45) is 2.17. The van der Waals surface area contributed by atoms with Gasteiger partial charge in [-0.05, 0) is 64.9 Å². The minimum atomic E-state index is 1.05. The largest absolute Gasteiger partial charge is 0.0651 e. The molecule has 0 unspecified atom stereocenters. The quantitative estimate of drug-likeness (QED) is 0.357. The summed E-state index contributed by atoms with van der Waals surface area (Å²) in [5.74, 6) is 0. The second-order valence-corrected chi connectivity index (χ2v) is 7.38. The molecule has 0 saturated carbocycles. The Labute approximate surface area is 162 Å². The van der Waals surface area contributed by atoms with Crippen molar-refractivity contribution in [2.75, 3.05) is 0 Å². The van der Waals surface area contributed by atoms with Crippen LogP contribution in [0.5, 0.6) is 0 Å². The van der Waals surface area contributed by atoms with Crippen LogP contribution in [0.15, 0.2) is 72.8 Å². The van der Waals surface area contributed by atoms with Gasteiger partial charge in [0.25, 0.3) is 0 Å². The van der Waals surface area contributed by atoms with E-state index in [2.05, 4.69) is 99.6 Å². The Hall–Kier alpha value is -2.86. The predicted octanol–water partition coefficient (Wildman–Crippen LogP) is 7.54. The van der Waals surface area contributed by atoms with E-state index in [1.165, 1.54) is 49.7 Å². The summed E-state index contributed by atoms with van der Waals surface area (Å²) >= 11 is 0. The zero-order valence-corrected chi connectivity index (χ0v) is 16.3. The van der Waals surface area contributed by atoms with Crippen molar-refractivity contribution >= 4 is 10.8 Å². The van der Waals surface area contributed by atoms with E-state index in [0.717, 1.165) is 12.8 Å². The molecule has 133 valence electrons. The molecule has 4 aromatic carbocycles. The van der Waals surface area contributed by atoms with Gasteiger partial charge in [0.05, 0.1) is 0 Å². The third-order valence-electron chi connectivity index (χ3n) is 5.23. The highest BCUT2D eigenvalue weighted by Gasteiger charge is 2.15. The van der Waals surface area contributed by atoms with E-state index in [0.29, 0.717) is 0 Å². The van der Waals surface area contributed by atoms with Crippen LogP contribution in [0.3, 0.4) is 0 Å². The standard InChI is InChI=1S/C27H25/c1-4-7-23-18-26(21-14-10-19(2)11-15-21)27(22-16-12-20(3)13-17-22)25-9-6-5-8-24(23)25/h5-6,8-17H,4,7H2,1-3H3. The molecule has 0 bridgehead atoms. The fourth-order valence-electron chi connectivity index (χ4n) is 3.78. The first kappa shape index (κ1) is 17.5. The summed E-state index contributed by atoms with van der Waals surface area (Å²) in [5, 5.41) is 2.64. The molecule has 0 fully saturated rings. The zero-order valence-electron chi connectivity index (χ0n) is 16.3. The highest BCUT2D eigenvalue weighted by molar-refractivity contribution is 6.05. The Morgan fingerprint density at radius 3 is 1.81 bits per heavy atom. The average molecular weight is 349 g/mol. The van der Waals surface area contributed by atoms with Crippen LogP contribution in [-0.4, -0.2) is 0 Å². The molecule has 27 heavy (non-hydrogen) atoms. The van der Waals surface area contributed by atoms with Gasteiger partial charge >= 0.3 is 0 Å². The summed E-state index contributed by atoms with van der Waals surface area (Å²) in [4.78, 5) is 0. The van der Waals surface area contributed by atoms with Crippen LogP contribution in [0.2, 0.25) is 0 Å².